The average Bonchev–Trinajstić information content (AvgIpc) is 3.23. The van der Waals surface area contributed by atoms with Gasteiger partial charge >= 0.3 is 0 Å². The highest BCUT2D eigenvalue weighted by molar-refractivity contribution is 5.96. The van der Waals surface area contributed by atoms with E-state index in [0.29, 0.717) is 12.3 Å². The number of nitrogens with zero attached hydrogens (tertiary/aromatic N) is 1. The Bertz CT molecular complexity index is 768. The summed E-state index contributed by atoms with van der Waals surface area (Å²) in [6.45, 7) is 2.72. The first kappa shape index (κ1) is 15.3. The summed E-state index contributed by atoms with van der Waals surface area (Å²) in [6, 6.07) is 12.7. The second kappa shape index (κ2) is 6.36. The Morgan fingerprint density at radius 2 is 2.08 bits per heavy atom. The molecule has 2 aromatic carbocycles. The lowest BCUT2D eigenvalue weighted by atomic mass is 10.0. The van der Waals surface area contributed by atoms with E-state index in [9.17, 15) is 9.18 Å². The van der Waals surface area contributed by atoms with Crippen molar-refractivity contribution in [2.45, 2.75) is 19.3 Å². The van der Waals surface area contributed by atoms with Crippen molar-refractivity contribution in [2.75, 3.05) is 24.5 Å². The molecule has 1 atom stereocenters. The van der Waals surface area contributed by atoms with Crippen LogP contribution in [0.15, 0.2) is 42.5 Å². The smallest absolute Gasteiger partial charge is 0.227 e. The van der Waals surface area contributed by atoms with Gasteiger partial charge in [-0.05, 0) is 72.8 Å². The number of carbonyl (C=O) groups excluding carboxylic acids is 1. The van der Waals surface area contributed by atoms with Gasteiger partial charge in [-0.15, -0.1) is 0 Å². The van der Waals surface area contributed by atoms with E-state index in [0.717, 1.165) is 49.3 Å². The molecule has 4 rings (SSSR count). The van der Waals surface area contributed by atoms with Crippen molar-refractivity contribution in [3.05, 3.63) is 53.8 Å². The van der Waals surface area contributed by atoms with Gasteiger partial charge in [0.05, 0.1) is 0 Å². The van der Waals surface area contributed by atoms with E-state index in [-0.39, 0.29) is 11.7 Å². The van der Waals surface area contributed by atoms with E-state index in [1.807, 2.05) is 23.1 Å². The van der Waals surface area contributed by atoms with Crippen LogP contribution in [0.2, 0.25) is 0 Å². The first-order valence-electron chi connectivity index (χ1n) is 8.60. The maximum Gasteiger partial charge on any atom is 0.227 e. The van der Waals surface area contributed by atoms with Gasteiger partial charge in [0.15, 0.2) is 0 Å². The van der Waals surface area contributed by atoms with Crippen LogP contribution in [0.25, 0.3) is 11.1 Å². The van der Waals surface area contributed by atoms with E-state index in [2.05, 4.69) is 11.4 Å². The maximum absolute atomic E-state index is 13.4. The molecule has 24 heavy (non-hydrogen) atoms. The molecule has 2 aliphatic heterocycles. The fraction of sp³-hybridized carbons (Fsp3) is 0.350. The van der Waals surface area contributed by atoms with Crippen molar-refractivity contribution in [3.63, 3.8) is 0 Å². The van der Waals surface area contributed by atoms with Crippen molar-refractivity contribution >= 4 is 11.6 Å². The summed E-state index contributed by atoms with van der Waals surface area (Å²) >= 11 is 0. The molecule has 0 bridgehead atoms. The third kappa shape index (κ3) is 2.94. The summed E-state index contributed by atoms with van der Waals surface area (Å²) in [6.07, 6.45) is 2.58. The molecular weight excluding hydrogens is 303 g/mol. The number of nitrogens with one attached hydrogen (secondary N) is 1. The molecule has 1 amide bonds. The molecule has 4 heteroatoms. The number of halogens is 1. The molecule has 2 aromatic rings. The number of hydrogen-bond acceptors (Lipinski definition) is 2. The number of benzene rings is 2. The van der Waals surface area contributed by atoms with Gasteiger partial charge in [-0.2, -0.15) is 0 Å². The quantitative estimate of drug-likeness (QED) is 0.939. The highest BCUT2D eigenvalue weighted by Gasteiger charge is 2.27. The largest absolute Gasteiger partial charge is 0.316 e. The zero-order valence-corrected chi connectivity index (χ0v) is 13.6. The standard InChI is InChI=1S/C20H21FN2O/c21-18-3-1-2-15(12-18)16-4-5-19-17(11-16)7-9-23(19)20(24)10-14-6-8-22-13-14/h1-5,11-12,14,22H,6-10,13H2/t14-/m0/s1. The van der Waals surface area contributed by atoms with Gasteiger partial charge in [-0.25, -0.2) is 4.39 Å². The Kier molecular flexibility index (Phi) is 4.07. The number of anilines is 1. The predicted octanol–water partition coefficient (Wildman–Crippen LogP) is 3.38. The van der Waals surface area contributed by atoms with Crippen molar-refractivity contribution in [3.8, 4) is 11.1 Å². The predicted molar refractivity (Wildman–Crippen MR) is 93.5 cm³/mol. The monoisotopic (exact) mass is 324 g/mol. The summed E-state index contributed by atoms with van der Waals surface area (Å²) in [5.74, 6) is 0.462. The van der Waals surface area contributed by atoms with Crippen molar-refractivity contribution < 1.29 is 9.18 Å². The van der Waals surface area contributed by atoms with Crippen LogP contribution in [0.3, 0.4) is 0 Å². The van der Waals surface area contributed by atoms with E-state index < -0.39 is 0 Å². The van der Waals surface area contributed by atoms with Crippen LogP contribution in [0, 0.1) is 11.7 Å². The van der Waals surface area contributed by atoms with Crippen molar-refractivity contribution in [2.24, 2.45) is 5.92 Å². The van der Waals surface area contributed by atoms with Gasteiger partial charge in [-0.1, -0.05) is 18.2 Å². The number of amides is 1. The van der Waals surface area contributed by atoms with Crippen LogP contribution in [0.1, 0.15) is 18.4 Å². The van der Waals surface area contributed by atoms with Gasteiger partial charge in [-0.3, -0.25) is 4.79 Å². The lowest BCUT2D eigenvalue weighted by molar-refractivity contribution is -0.119. The van der Waals surface area contributed by atoms with Crippen LogP contribution in [0.5, 0.6) is 0 Å². The van der Waals surface area contributed by atoms with Gasteiger partial charge in [0.25, 0.3) is 0 Å². The summed E-state index contributed by atoms with van der Waals surface area (Å²) in [4.78, 5) is 14.5. The Morgan fingerprint density at radius 3 is 2.88 bits per heavy atom. The van der Waals surface area contributed by atoms with Gasteiger partial charge < -0.3 is 10.2 Å². The summed E-state index contributed by atoms with van der Waals surface area (Å²) < 4.78 is 13.4. The first-order valence-corrected chi connectivity index (χ1v) is 8.60. The molecule has 0 spiro atoms. The molecular formula is C20H21FN2O. The minimum Gasteiger partial charge on any atom is -0.316 e. The molecule has 0 saturated carbocycles. The molecule has 2 heterocycles. The zero-order chi connectivity index (χ0) is 16.5. The third-order valence-electron chi connectivity index (χ3n) is 5.06. The van der Waals surface area contributed by atoms with Crippen LogP contribution in [0.4, 0.5) is 10.1 Å². The molecule has 1 fully saturated rings. The minimum atomic E-state index is -0.227. The van der Waals surface area contributed by atoms with Gasteiger partial charge in [0, 0.05) is 18.7 Å². The fourth-order valence-electron chi connectivity index (χ4n) is 3.75. The molecule has 0 radical (unpaired) electrons. The van der Waals surface area contributed by atoms with Crippen LogP contribution >= 0.6 is 0 Å². The normalized spacial score (nSPS) is 19.5. The number of fused-ring (bicyclic) bond motifs is 1. The molecule has 2 aliphatic rings. The van der Waals surface area contributed by atoms with Crippen molar-refractivity contribution in [1.82, 2.24) is 5.32 Å². The lowest BCUT2D eigenvalue weighted by Crippen LogP contribution is -2.30. The molecule has 0 aromatic heterocycles. The van der Waals surface area contributed by atoms with Gasteiger partial charge in [0.2, 0.25) is 5.91 Å². The topological polar surface area (TPSA) is 32.3 Å². The second-order valence-corrected chi connectivity index (χ2v) is 6.71. The number of rotatable bonds is 3. The third-order valence-corrected chi connectivity index (χ3v) is 5.06. The first-order chi connectivity index (χ1) is 11.7. The van der Waals surface area contributed by atoms with E-state index in [1.165, 1.54) is 11.6 Å². The Morgan fingerprint density at radius 1 is 1.21 bits per heavy atom. The fourth-order valence-corrected chi connectivity index (χ4v) is 3.75. The average molecular weight is 324 g/mol. The van der Waals surface area contributed by atoms with Gasteiger partial charge in [0.1, 0.15) is 5.82 Å². The number of hydrogen-bond donors (Lipinski definition) is 1. The number of carbonyl (C=O) groups is 1. The Labute approximate surface area is 141 Å². The van der Waals surface area contributed by atoms with E-state index in [1.54, 1.807) is 12.1 Å². The van der Waals surface area contributed by atoms with Crippen molar-refractivity contribution in [1.29, 1.82) is 0 Å². The highest BCUT2D eigenvalue weighted by atomic mass is 19.1. The maximum atomic E-state index is 13.4. The molecule has 0 unspecified atom stereocenters. The molecule has 0 aliphatic carbocycles. The van der Waals surface area contributed by atoms with Crippen LogP contribution in [-0.2, 0) is 11.2 Å². The SMILES string of the molecule is O=C(C[C@@H]1CCNC1)N1CCc2cc(-c3cccc(F)c3)ccc21. The zero-order valence-electron chi connectivity index (χ0n) is 13.6. The van der Waals surface area contributed by atoms with E-state index >= 15 is 0 Å². The van der Waals surface area contributed by atoms with Crippen LogP contribution < -0.4 is 10.2 Å². The summed E-state index contributed by atoms with van der Waals surface area (Å²) in [5, 5.41) is 3.32. The molecule has 1 N–H and O–H groups in total. The minimum absolute atomic E-state index is 0.223. The Hall–Kier alpha value is -2.20. The molecule has 124 valence electrons. The molecule has 1 saturated heterocycles. The Balaban J connectivity index is 1.55. The second-order valence-electron chi connectivity index (χ2n) is 6.71. The highest BCUT2D eigenvalue weighted by Crippen LogP contribution is 2.33. The molecule has 3 nitrogen and oxygen atoms in total. The summed E-state index contributed by atoms with van der Waals surface area (Å²) in [7, 11) is 0. The van der Waals surface area contributed by atoms with E-state index in [4.69, 9.17) is 0 Å². The summed E-state index contributed by atoms with van der Waals surface area (Å²) in [5.41, 5.74) is 4.07. The van der Waals surface area contributed by atoms with Crippen LogP contribution in [-0.4, -0.2) is 25.5 Å². The lowest BCUT2D eigenvalue weighted by Gasteiger charge is -2.19.